The van der Waals surface area contributed by atoms with E-state index in [1.807, 2.05) is 0 Å². The molecule has 0 aromatic heterocycles. The largest absolute Gasteiger partial charge is 0.370 e. The molecule has 1 aliphatic carbocycles. The van der Waals surface area contributed by atoms with Gasteiger partial charge in [-0.15, -0.1) is 0 Å². The van der Waals surface area contributed by atoms with Crippen LogP contribution in [0.4, 0.5) is 0 Å². The van der Waals surface area contributed by atoms with Crippen LogP contribution in [0, 0.1) is 5.41 Å². The molecule has 1 fully saturated rings. The van der Waals surface area contributed by atoms with Crippen LogP contribution in [-0.4, -0.2) is 11.8 Å². The van der Waals surface area contributed by atoms with E-state index in [0.717, 1.165) is 25.7 Å². The lowest BCUT2D eigenvalue weighted by Crippen LogP contribution is -2.37. The molecular weight excluding hydrogens is 276 g/mol. The van der Waals surface area contributed by atoms with Gasteiger partial charge in [-0.05, 0) is 25.7 Å². The summed E-state index contributed by atoms with van der Waals surface area (Å²) in [4.78, 5) is 23.1. The molecule has 128 valence electrons. The fourth-order valence-electron chi connectivity index (χ4n) is 3.69. The fourth-order valence-corrected chi connectivity index (χ4v) is 3.69. The second-order valence-electron chi connectivity index (χ2n) is 7.00. The minimum absolute atomic E-state index is 0.174. The average molecular weight is 310 g/mol. The quantitative estimate of drug-likeness (QED) is 0.809. The Morgan fingerprint density at radius 1 is 0.727 bits per heavy atom. The first-order valence-corrected chi connectivity index (χ1v) is 9.15. The second kappa shape index (κ2) is 10.6. The van der Waals surface area contributed by atoms with Gasteiger partial charge in [0.15, 0.2) is 0 Å². The Balaban J connectivity index is 2.63. The molecule has 0 aliphatic heterocycles. The normalized spacial score (nSPS) is 21.1. The van der Waals surface area contributed by atoms with Crippen LogP contribution >= 0.6 is 0 Å². The van der Waals surface area contributed by atoms with Gasteiger partial charge in [0.1, 0.15) is 0 Å². The van der Waals surface area contributed by atoms with Gasteiger partial charge in [0.2, 0.25) is 11.8 Å². The molecule has 0 radical (unpaired) electrons. The first-order chi connectivity index (χ1) is 10.6. The first-order valence-electron chi connectivity index (χ1n) is 9.15. The summed E-state index contributed by atoms with van der Waals surface area (Å²) in [5, 5.41) is 0. The van der Waals surface area contributed by atoms with Crippen LogP contribution in [0.3, 0.4) is 0 Å². The van der Waals surface area contributed by atoms with Crippen LogP contribution in [0.1, 0.15) is 96.3 Å². The van der Waals surface area contributed by atoms with Gasteiger partial charge in [0, 0.05) is 11.8 Å². The molecular formula is C18H34N2O2. The monoisotopic (exact) mass is 310 g/mol. The molecule has 4 N–H and O–H groups in total. The molecule has 0 atom stereocenters. The molecule has 1 aliphatic rings. The standard InChI is InChI=1S/C18H34N2O2/c19-16(21)12-11-15-18(17(20)22)13-9-7-5-3-1-2-4-6-8-10-14-18/h1-15H2,(H2,19,21)(H2,20,22). The van der Waals surface area contributed by atoms with Crippen LogP contribution in [0.25, 0.3) is 0 Å². The Labute approximate surface area is 135 Å². The summed E-state index contributed by atoms with van der Waals surface area (Å²) in [5.74, 6) is -0.462. The lowest BCUT2D eigenvalue weighted by molar-refractivity contribution is -0.129. The third-order valence-electron chi connectivity index (χ3n) is 5.16. The summed E-state index contributed by atoms with van der Waals surface area (Å²) in [5.41, 5.74) is 10.6. The van der Waals surface area contributed by atoms with Crippen molar-refractivity contribution in [2.24, 2.45) is 16.9 Å². The van der Waals surface area contributed by atoms with Crippen molar-refractivity contribution >= 4 is 11.8 Å². The van der Waals surface area contributed by atoms with Crippen molar-refractivity contribution in [1.82, 2.24) is 0 Å². The zero-order chi connectivity index (χ0) is 16.3. The number of carbonyl (C=O) groups excluding carboxylic acids is 2. The highest BCUT2D eigenvalue weighted by Gasteiger charge is 2.34. The van der Waals surface area contributed by atoms with Crippen LogP contribution in [0.15, 0.2) is 0 Å². The van der Waals surface area contributed by atoms with Gasteiger partial charge >= 0.3 is 0 Å². The van der Waals surface area contributed by atoms with Gasteiger partial charge in [-0.1, -0.05) is 64.2 Å². The lowest BCUT2D eigenvalue weighted by atomic mass is 9.73. The average Bonchev–Trinajstić information content (AvgIpc) is 2.48. The van der Waals surface area contributed by atoms with Crippen molar-refractivity contribution in [3.63, 3.8) is 0 Å². The smallest absolute Gasteiger partial charge is 0.223 e. The third-order valence-corrected chi connectivity index (χ3v) is 5.16. The number of carbonyl (C=O) groups is 2. The van der Waals surface area contributed by atoms with Gasteiger partial charge in [0.05, 0.1) is 0 Å². The van der Waals surface area contributed by atoms with E-state index in [1.54, 1.807) is 0 Å². The molecule has 1 rings (SSSR count). The molecule has 2 amide bonds. The Kier molecular flexibility index (Phi) is 9.17. The molecule has 0 unspecified atom stereocenters. The van der Waals surface area contributed by atoms with Crippen molar-refractivity contribution in [3.8, 4) is 0 Å². The number of rotatable bonds is 5. The number of amides is 2. The number of primary amides is 2. The van der Waals surface area contributed by atoms with E-state index in [9.17, 15) is 9.59 Å². The van der Waals surface area contributed by atoms with Crippen molar-refractivity contribution in [3.05, 3.63) is 0 Å². The SMILES string of the molecule is NC(=O)CCCC1(C(N)=O)CCCCCCCCCCCC1. The van der Waals surface area contributed by atoms with Gasteiger partial charge < -0.3 is 11.5 Å². The highest BCUT2D eigenvalue weighted by atomic mass is 16.1. The van der Waals surface area contributed by atoms with Crippen LogP contribution in [0.2, 0.25) is 0 Å². The number of hydrogen-bond acceptors (Lipinski definition) is 2. The maximum absolute atomic E-state index is 12.1. The van der Waals surface area contributed by atoms with E-state index >= 15 is 0 Å². The molecule has 0 bridgehead atoms. The number of hydrogen-bond donors (Lipinski definition) is 2. The molecule has 0 aromatic rings. The predicted molar refractivity (Wildman–Crippen MR) is 90.1 cm³/mol. The topological polar surface area (TPSA) is 86.2 Å². The van der Waals surface area contributed by atoms with E-state index in [-0.39, 0.29) is 11.8 Å². The maximum atomic E-state index is 12.1. The second-order valence-corrected chi connectivity index (χ2v) is 7.00. The van der Waals surface area contributed by atoms with E-state index in [0.29, 0.717) is 19.3 Å². The Morgan fingerprint density at radius 2 is 1.14 bits per heavy atom. The highest BCUT2D eigenvalue weighted by Crippen LogP contribution is 2.37. The first kappa shape index (κ1) is 19.0. The minimum atomic E-state index is -0.413. The number of nitrogens with two attached hydrogens (primary N) is 2. The fraction of sp³-hybridized carbons (Fsp3) is 0.889. The summed E-state index contributed by atoms with van der Waals surface area (Å²) >= 11 is 0. The molecule has 0 aromatic carbocycles. The summed E-state index contributed by atoms with van der Waals surface area (Å²) in [6.07, 6.45) is 15.8. The van der Waals surface area contributed by atoms with Crippen LogP contribution in [-0.2, 0) is 9.59 Å². The predicted octanol–water partition coefficient (Wildman–Crippen LogP) is 3.81. The van der Waals surface area contributed by atoms with Crippen molar-refractivity contribution < 1.29 is 9.59 Å². The van der Waals surface area contributed by atoms with E-state index < -0.39 is 5.41 Å². The summed E-state index contributed by atoms with van der Waals surface area (Å²) in [6.45, 7) is 0. The Hall–Kier alpha value is -1.06. The minimum Gasteiger partial charge on any atom is -0.370 e. The molecule has 0 spiro atoms. The Morgan fingerprint density at radius 3 is 1.50 bits per heavy atom. The van der Waals surface area contributed by atoms with Crippen molar-refractivity contribution in [2.75, 3.05) is 0 Å². The molecule has 22 heavy (non-hydrogen) atoms. The highest BCUT2D eigenvalue weighted by molar-refractivity contribution is 5.81. The lowest BCUT2D eigenvalue weighted by Gasteiger charge is -2.31. The summed E-state index contributed by atoms with van der Waals surface area (Å²) in [6, 6.07) is 0. The van der Waals surface area contributed by atoms with Gasteiger partial charge in [0.25, 0.3) is 0 Å². The van der Waals surface area contributed by atoms with E-state index in [4.69, 9.17) is 11.5 Å². The summed E-state index contributed by atoms with van der Waals surface area (Å²) < 4.78 is 0. The zero-order valence-electron chi connectivity index (χ0n) is 14.1. The van der Waals surface area contributed by atoms with Crippen LogP contribution in [0.5, 0.6) is 0 Å². The van der Waals surface area contributed by atoms with Crippen LogP contribution < -0.4 is 11.5 Å². The van der Waals surface area contributed by atoms with Crippen molar-refractivity contribution in [2.45, 2.75) is 96.3 Å². The molecule has 0 heterocycles. The summed E-state index contributed by atoms with van der Waals surface area (Å²) in [7, 11) is 0. The molecule has 4 nitrogen and oxygen atoms in total. The maximum Gasteiger partial charge on any atom is 0.223 e. The van der Waals surface area contributed by atoms with Crippen molar-refractivity contribution in [1.29, 1.82) is 0 Å². The van der Waals surface area contributed by atoms with Gasteiger partial charge in [-0.2, -0.15) is 0 Å². The molecule has 1 saturated carbocycles. The zero-order valence-corrected chi connectivity index (χ0v) is 14.1. The van der Waals surface area contributed by atoms with Gasteiger partial charge in [-0.3, -0.25) is 9.59 Å². The molecule has 0 saturated heterocycles. The van der Waals surface area contributed by atoms with E-state index in [1.165, 1.54) is 51.4 Å². The third kappa shape index (κ3) is 7.28. The van der Waals surface area contributed by atoms with E-state index in [2.05, 4.69) is 0 Å². The van der Waals surface area contributed by atoms with Gasteiger partial charge in [-0.25, -0.2) is 0 Å². The Bertz CT molecular complexity index is 328. The molecule has 4 heteroatoms.